The van der Waals surface area contributed by atoms with Gasteiger partial charge in [-0.05, 0) is 31.0 Å². The molecule has 3 aromatic rings. The van der Waals surface area contributed by atoms with Crippen molar-refractivity contribution in [2.75, 3.05) is 47.8 Å². The van der Waals surface area contributed by atoms with Crippen LogP contribution in [0.5, 0.6) is 0 Å². The molecule has 0 amide bonds. The lowest BCUT2D eigenvalue weighted by Crippen LogP contribution is -2.47. The lowest BCUT2D eigenvalue weighted by molar-refractivity contribution is 0.641. The van der Waals surface area contributed by atoms with Gasteiger partial charge in [0.15, 0.2) is 0 Å². The zero-order chi connectivity index (χ0) is 19.2. The minimum Gasteiger partial charge on any atom is -0.354 e. The predicted molar refractivity (Wildman–Crippen MR) is 114 cm³/mol. The largest absolute Gasteiger partial charge is 0.354 e. The molecule has 0 spiro atoms. The van der Waals surface area contributed by atoms with E-state index in [1.54, 1.807) is 0 Å². The average molecular weight is 374 g/mol. The van der Waals surface area contributed by atoms with Crippen LogP contribution in [0.1, 0.15) is 11.3 Å². The molecular formula is C22H26N6. The monoisotopic (exact) mass is 374 g/mol. The Kier molecular flexibility index (Phi) is 5.66. The highest BCUT2D eigenvalue weighted by atomic mass is 15.3. The number of hydrogen-bond donors (Lipinski definition) is 1. The van der Waals surface area contributed by atoms with Gasteiger partial charge in [0.05, 0.1) is 0 Å². The van der Waals surface area contributed by atoms with Crippen molar-refractivity contribution in [3.8, 4) is 0 Å². The number of hydrogen-bond acceptors (Lipinski definition) is 6. The molecule has 2 aromatic heterocycles. The molecule has 1 aliphatic heterocycles. The van der Waals surface area contributed by atoms with E-state index >= 15 is 0 Å². The number of anilines is 3. The van der Waals surface area contributed by atoms with Gasteiger partial charge in [-0.2, -0.15) is 4.98 Å². The molecule has 1 N–H and O–H groups in total. The maximum Gasteiger partial charge on any atom is 0.224 e. The molecule has 0 radical (unpaired) electrons. The van der Waals surface area contributed by atoms with Gasteiger partial charge in [-0.1, -0.05) is 36.4 Å². The standard InChI is InChI=1S/C22H26N6/c1-18-17-21(26-22(25-18)24-12-10-19-7-3-2-4-8-19)28-15-13-27(14-16-28)20-9-5-6-11-23-20/h2-9,11,17H,10,12-16H2,1H3,(H,24,25,26). The summed E-state index contributed by atoms with van der Waals surface area (Å²) in [6, 6.07) is 18.6. The normalized spacial score (nSPS) is 14.2. The molecule has 3 heterocycles. The number of rotatable bonds is 6. The second-order valence-electron chi connectivity index (χ2n) is 7.02. The maximum atomic E-state index is 4.76. The van der Waals surface area contributed by atoms with E-state index in [0.29, 0.717) is 5.95 Å². The van der Waals surface area contributed by atoms with E-state index in [2.05, 4.69) is 61.5 Å². The van der Waals surface area contributed by atoms with Gasteiger partial charge in [-0.25, -0.2) is 9.97 Å². The quantitative estimate of drug-likeness (QED) is 0.715. The van der Waals surface area contributed by atoms with Gasteiger partial charge in [0, 0.05) is 50.7 Å². The first-order valence-corrected chi connectivity index (χ1v) is 9.82. The zero-order valence-corrected chi connectivity index (χ0v) is 16.3. The molecule has 1 saturated heterocycles. The topological polar surface area (TPSA) is 57.2 Å². The summed E-state index contributed by atoms with van der Waals surface area (Å²) < 4.78 is 0. The molecule has 1 aromatic carbocycles. The Morgan fingerprint density at radius 2 is 1.57 bits per heavy atom. The minimum absolute atomic E-state index is 0.707. The van der Waals surface area contributed by atoms with Gasteiger partial charge >= 0.3 is 0 Å². The molecule has 144 valence electrons. The minimum atomic E-state index is 0.707. The highest BCUT2D eigenvalue weighted by Gasteiger charge is 2.19. The van der Waals surface area contributed by atoms with E-state index in [4.69, 9.17) is 4.98 Å². The Morgan fingerprint density at radius 1 is 0.857 bits per heavy atom. The van der Waals surface area contributed by atoms with Crippen molar-refractivity contribution in [1.82, 2.24) is 15.0 Å². The van der Waals surface area contributed by atoms with E-state index in [-0.39, 0.29) is 0 Å². The SMILES string of the molecule is Cc1cc(N2CCN(c3ccccn3)CC2)nc(NCCc2ccccc2)n1. The van der Waals surface area contributed by atoms with E-state index < -0.39 is 0 Å². The third kappa shape index (κ3) is 4.57. The second kappa shape index (κ2) is 8.69. The molecule has 0 bridgehead atoms. The Hall–Kier alpha value is -3.15. The lowest BCUT2D eigenvalue weighted by Gasteiger charge is -2.36. The summed E-state index contributed by atoms with van der Waals surface area (Å²) >= 11 is 0. The van der Waals surface area contributed by atoms with Crippen LogP contribution in [0.2, 0.25) is 0 Å². The van der Waals surface area contributed by atoms with Crippen LogP contribution in [0, 0.1) is 6.92 Å². The van der Waals surface area contributed by atoms with Crippen LogP contribution in [-0.2, 0) is 6.42 Å². The third-order valence-corrected chi connectivity index (χ3v) is 4.96. The van der Waals surface area contributed by atoms with Gasteiger partial charge in [0.25, 0.3) is 0 Å². The summed E-state index contributed by atoms with van der Waals surface area (Å²) in [5.41, 5.74) is 2.30. The fourth-order valence-corrected chi connectivity index (χ4v) is 3.46. The molecular weight excluding hydrogens is 348 g/mol. The molecule has 6 nitrogen and oxygen atoms in total. The van der Waals surface area contributed by atoms with Crippen molar-refractivity contribution in [2.45, 2.75) is 13.3 Å². The highest BCUT2D eigenvalue weighted by molar-refractivity contribution is 5.48. The fourth-order valence-electron chi connectivity index (χ4n) is 3.46. The average Bonchev–Trinajstić information content (AvgIpc) is 2.75. The van der Waals surface area contributed by atoms with Crippen LogP contribution in [0.3, 0.4) is 0 Å². The van der Waals surface area contributed by atoms with Crippen molar-refractivity contribution in [3.05, 3.63) is 72.1 Å². The summed E-state index contributed by atoms with van der Waals surface area (Å²) in [4.78, 5) is 18.4. The molecule has 1 aliphatic rings. The van der Waals surface area contributed by atoms with Crippen molar-refractivity contribution in [3.63, 3.8) is 0 Å². The van der Waals surface area contributed by atoms with Crippen LogP contribution < -0.4 is 15.1 Å². The molecule has 1 fully saturated rings. The van der Waals surface area contributed by atoms with Crippen LogP contribution >= 0.6 is 0 Å². The Bertz CT molecular complexity index is 876. The van der Waals surface area contributed by atoms with Crippen LogP contribution in [0.25, 0.3) is 0 Å². The lowest BCUT2D eigenvalue weighted by atomic mass is 10.1. The Balaban J connectivity index is 1.36. The van der Waals surface area contributed by atoms with Gasteiger partial charge in [-0.3, -0.25) is 0 Å². The molecule has 0 aliphatic carbocycles. The number of aromatic nitrogens is 3. The number of piperazine rings is 1. The van der Waals surface area contributed by atoms with Crippen LogP contribution in [0.4, 0.5) is 17.6 Å². The Morgan fingerprint density at radius 3 is 2.29 bits per heavy atom. The summed E-state index contributed by atoms with van der Waals surface area (Å²) in [5, 5.41) is 3.38. The molecule has 0 atom stereocenters. The number of nitrogens with zero attached hydrogens (tertiary/aromatic N) is 5. The summed E-state index contributed by atoms with van der Waals surface area (Å²) in [7, 11) is 0. The van der Waals surface area contributed by atoms with Crippen LogP contribution in [0.15, 0.2) is 60.8 Å². The van der Waals surface area contributed by atoms with E-state index in [1.807, 2.05) is 31.3 Å². The van der Waals surface area contributed by atoms with Gasteiger partial charge in [0.1, 0.15) is 11.6 Å². The molecule has 0 saturated carbocycles. The van der Waals surface area contributed by atoms with E-state index in [1.165, 1.54) is 5.56 Å². The Labute approximate surface area is 166 Å². The second-order valence-corrected chi connectivity index (χ2v) is 7.02. The van der Waals surface area contributed by atoms with Gasteiger partial charge in [0.2, 0.25) is 5.95 Å². The van der Waals surface area contributed by atoms with Gasteiger partial charge < -0.3 is 15.1 Å². The van der Waals surface area contributed by atoms with E-state index in [0.717, 1.165) is 56.5 Å². The molecule has 6 heteroatoms. The molecule has 4 rings (SSSR count). The van der Waals surface area contributed by atoms with Crippen molar-refractivity contribution in [2.24, 2.45) is 0 Å². The molecule has 0 unspecified atom stereocenters. The fraction of sp³-hybridized carbons (Fsp3) is 0.318. The maximum absolute atomic E-state index is 4.76. The summed E-state index contributed by atoms with van der Waals surface area (Å²) in [6.07, 6.45) is 2.80. The number of nitrogens with one attached hydrogen (secondary N) is 1. The van der Waals surface area contributed by atoms with Crippen molar-refractivity contribution < 1.29 is 0 Å². The first-order chi connectivity index (χ1) is 13.8. The number of aryl methyl sites for hydroxylation is 1. The number of pyridine rings is 1. The highest BCUT2D eigenvalue weighted by Crippen LogP contribution is 2.19. The third-order valence-electron chi connectivity index (χ3n) is 4.96. The zero-order valence-electron chi connectivity index (χ0n) is 16.3. The van der Waals surface area contributed by atoms with Crippen LogP contribution in [-0.4, -0.2) is 47.7 Å². The molecule has 28 heavy (non-hydrogen) atoms. The predicted octanol–water partition coefficient (Wildman–Crippen LogP) is 3.16. The first kappa shape index (κ1) is 18.2. The van der Waals surface area contributed by atoms with Crippen molar-refractivity contribution >= 4 is 17.6 Å². The van der Waals surface area contributed by atoms with Crippen molar-refractivity contribution in [1.29, 1.82) is 0 Å². The van der Waals surface area contributed by atoms with E-state index in [9.17, 15) is 0 Å². The number of benzene rings is 1. The smallest absolute Gasteiger partial charge is 0.224 e. The van der Waals surface area contributed by atoms with Gasteiger partial charge in [-0.15, -0.1) is 0 Å². The first-order valence-electron chi connectivity index (χ1n) is 9.82. The summed E-state index contributed by atoms with van der Waals surface area (Å²) in [5.74, 6) is 2.75. The summed E-state index contributed by atoms with van der Waals surface area (Å²) in [6.45, 7) is 6.58.